The third kappa shape index (κ3) is 3.11. The molecule has 0 unspecified atom stereocenters. The van der Waals surface area contributed by atoms with Crippen molar-refractivity contribution in [1.82, 2.24) is 24.0 Å². The van der Waals surface area contributed by atoms with Crippen LogP contribution in [0.2, 0.25) is 0 Å². The van der Waals surface area contributed by atoms with Gasteiger partial charge in [0.25, 0.3) is 0 Å². The standard InChI is InChI=1S/C18H21N5O/c24-18-22-9-5-4-8-17(22)19-23(18)15-21-12-10-20(11-13-21)14-16-6-2-1-3-7-16/h1-9H,10-15H2. The van der Waals surface area contributed by atoms with Gasteiger partial charge in [-0.3, -0.25) is 14.2 Å². The van der Waals surface area contributed by atoms with Crippen molar-refractivity contribution >= 4 is 5.65 Å². The summed E-state index contributed by atoms with van der Waals surface area (Å²) in [4.78, 5) is 17.1. The highest BCUT2D eigenvalue weighted by Gasteiger charge is 2.18. The fourth-order valence-corrected chi connectivity index (χ4v) is 3.18. The Morgan fingerprint density at radius 2 is 1.58 bits per heavy atom. The maximum absolute atomic E-state index is 12.3. The molecule has 0 bridgehead atoms. The molecule has 24 heavy (non-hydrogen) atoms. The van der Waals surface area contributed by atoms with Gasteiger partial charge in [-0.2, -0.15) is 4.68 Å². The number of hydrogen-bond donors (Lipinski definition) is 0. The summed E-state index contributed by atoms with van der Waals surface area (Å²) in [7, 11) is 0. The quantitative estimate of drug-likeness (QED) is 0.725. The summed E-state index contributed by atoms with van der Waals surface area (Å²) in [5.41, 5.74) is 1.98. The molecule has 6 heteroatoms. The summed E-state index contributed by atoms with van der Waals surface area (Å²) in [6.07, 6.45) is 1.76. The highest BCUT2D eigenvalue weighted by molar-refractivity contribution is 5.35. The van der Waals surface area contributed by atoms with Gasteiger partial charge in [0.2, 0.25) is 0 Å². The molecule has 0 saturated carbocycles. The fraction of sp³-hybridized carbons (Fsp3) is 0.333. The topological polar surface area (TPSA) is 45.8 Å². The Hall–Kier alpha value is -2.44. The smallest absolute Gasteiger partial charge is 0.297 e. The van der Waals surface area contributed by atoms with E-state index in [2.05, 4.69) is 39.2 Å². The van der Waals surface area contributed by atoms with E-state index >= 15 is 0 Å². The van der Waals surface area contributed by atoms with Crippen molar-refractivity contribution in [3.63, 3.8) is 0 Å². The van der Waals surface area contributed by atoms with Gasteiger partial charge in [-0.15, -0.1) is 5.10 Å². The molecule has 1 aliphatic rings. The number of nitrogens with zero attached hydrogens (tertiary/aromatic N) is 5. The van der Waals surface area contributed by atoms with Crippen molar-refractivity contribution in [2.24, 2.45) is 0 Å². The number of rotatable bonds is 4. The highest BCUT2D eigenvalue weighted by Crippen LogP contribution is 2.08. The van der Waals surface area contributed by atoms with Gasteiger partial charge in [-0.05, 0) is 17.7 Å². The molecule has 6 nitrogen and oxygen atoms in total. The average Bonchev–Trinajstić information content (AvgIpc) is 2.94. The van der Waals surface area contributed by atoms with Crippen molar-refractivity contribution in [3.8, 4) is 0 Å². The summed E-state index contributed by atoms with van der Waals surface area (Å²) in [6, 6.07) is 16.2. The van der Waals surface area contributed by atoms with E-state index in [1.807, 2.05) is 24.3 Å². The van der Waals surface area contributed by atoms with E-state index in [9.17, 15) is 4.79 Å². The number of hydrogen-bond acceptors (Lipinski definition) is 4. The molecule has 0 N–H and O–H groups in total. The Morgan fingerprint density at radius 1 is 0.875 bits per heavy atom. The van der Waals surface area contributed by atoms with Crippen LogP contribution in [-0.2, 0) is 13.2 Å². The van der Waals surface area contributed by atoms with Gasteiger partial charge in [0.15, 0.2) is 5.65 Å². The Kier molecular flexibility index (Phi) is 4.15. The first-order valence-electron chi connectivity index (χ1n) is 8.32. The van der Waals surface area contributed by atoms with E-state index < -0.39 is 0 Å². The SMILES string of the molecule is O=c1n(CN2CCN(Cc3ccccc3)CC2)nc2ccccn12. The molecule has 3 heterocycles. The zero-order valence-corrected chi connectivity index (χ0v) is 13.6. The third-order valence-corrected chi connectivity index (χ3v) is 4.54. The molecule has 0 amide bonds. The Bertz CT molecular complexity index is 862. The summed E-state index contributed by atoms with van der Waals surface area (Å²) in [6.45, 7) is 5.47. The number of pyridine rings is 1. The number of fused-ring (bicyclic) bond motifs is 1. The van der Waals surface area contributed by atoms with Crippen LogP contribution in [0.3, 0.4) is 0 Å². The molecule has 0 radical (unpaired) electrons. The second-order valence-electron chi connectivity index (χ2n) is 6.23. The summed E-state index contributed by atoms with van der Waals surface area (Å²) >= 11 is 0. The Labute approximate surface area is 140 Å². The molecule has 2 aromatic heterocycles. The minimum absolute atomic E-state index is 0.0719. The molecular formula is C18H21N5O. The summed E-state index contributed by atoms with van der Waals surface area (Å²) in [5, 5.41) is 4.40. The molecular weight excluding hydrogens is 302 g/mol. The maximum atomic E-state index is 12.3. The van der Waals surface area contributed by atoms with E-state index in [1.54, 1.807) is 15.3 Å². The van der Waals surface area contributed by atoms with Crippen LogP contribution < -0.4 is 5.69 Å². The lowest BCUT2D eigenvalue weighted by molar-refractivity contribution is 0.0975. The van der Waals surface area contributed by atoms with Crippen LogP contribution in [0.5, 0.6) is 0 Å². The number of aromatic nitrogens is 3. The van der Waals surface area contributed by atoms with E-state index in [-0.39, 0.29) is 5.69 Å². The van der Waals surface area contributed by atoms with E-state index in [0.29, 0.717) is 12.3 Å². The number of benzene rings is 1. The first-order valence-corrected chi connectivity index (χ1v) is 8.32. The minimum Gasteiger partial charge on any atom is -0.297 e. The minimum atomic E-state index is -0.0719. The van der Waals surface area contributed by atoms with Crippen LogP contribution >= 0.6 is 0 Å². The second kappa shape index (κ2) is 6.59. The van der Waals surface area contributed by atoms with Gasteiger partial charge >= 0.3 is 5.69 Å². The third-order valence-electron chi connectivity index (χ3n) is 4.54. The molecule has 1 aliphatic heterocycles. The summed E-state index contributed by atoms with van der Waals surface area (Å²) < 4.78 is 3.15. The van der Waals surface area contributed by atoms with Crippen molar-refractivity contribution < 1.29 is 0 Å². The van der Waals surface area contributed by atoms with Crippen LogP contribution in [0, 0.1) is 0 Å². The lowest BCUT2D eigenvalue weighted by Gasteiger charge is -2.34. The summed E-state index contributed by atoms with van der Waals surface area (Å²) in [5.74, 6) is 0. The molecule has 0 atom stereocenters. The monoisotopic (exact) mass is 323 g/mol. The van der Waals surface area contributed by atoms with Crippen LogP contribution in [0.1, 0.15) is 5.56 Å². The Balaban J connectivity index is 1.37. The van der Waals surface area contributed by atoms with Crippen LogP contribution in [0.25, 0.3) is 5.65 Å². The molecule has 4 rings (SSSR count). The predicted octanol–water partition coefficient (Wildman–Crippen LogP) is 1.27. The lowest BCUT2D eigenvalue weighted by Crippen LogP contribution is -2.47. The predicted molar refractivity (Wildman–Crippen MR) is 92.7 cm³/mol. The number of piperazine rings is 1. The average molecular weight is 323 g/mol. The van der Waals surface area contributed by atoms with Gasteiger partial charge in [0.1, 0.15) is 0 Å². The van der Waals surface area contributed by atoms with Gasteiger partial charge in [0, 0.05) is 38.9 Å². The van der Waals surface area contributed by atoms with Crippen molar-refractivity contribution in [2.75, 3.05) is 26.2 Å². The molecule has 0 aliphatic carbocycles. The molecule has 1 fully saturated rings. The molecule has 0 spiro atoms. The van der Waals surface area contributed by atoms with E-state index in [1.165, 1.54) is 5.56 Å². The fourth-order valence-electron chi connectivity index (χ4n) is 3.18. The normalized spacial score (nSPS) is 16.7. The molecule has 1 saturated heterocycles. The Morgan fingerprint density at radius 3 is 2.33 bits per heavy atom. The van der Waals surface area contributed by atoms with Crippen molar-refractivity contribution in [2.45, 2.75) is 13.2 Å². The maximum Gasteiger partial charge on any atom is 0.351 e. The van der Waals surface area contributed by atoms with Crippen molar-refractivity contribution in [3.05, 3.63) is 70.8 Å². The van der Waals surface area contributed by atoms with Gasteiger partial charge in [-0.25, -0.2) is 4.79 Å². The lowest BCUT2D eigenvalue weighted by atomic mass is 10.2. The first kappa shape index (κ1) is 15.1. The van der Waals surface area contributed by atoms with Crippen LogP contribution in [0.15, 0.2) is 59.5 Å². The highest BCUT2D eigenvalue weighted by atomic mass is 16.2. The van der Waals surface area contributed by atoms with E-state index in [4.69, 9.17) is 0 Å². The largest absolute Gasteiger partial charge is 0.351 e. The van der Waals surface area contributed by atoms with Crippen molar-refractivity contribution in [1.29, 1.82) is 0 Å². The van der Waals surface area contributed by atoms with Gasteiger partial charge in [-0.1, -0.05) is 36.4 Å². The van der Waals surface area contributed by atoms with Crippen LogP contribution in [-0.4, -0.2) is 50.2 Å². The van der Waals surface area contributed by atoms with Gasteiger partial charge in [0.05, 0.1) is 6.67 Å². The zero-order valence-electron chi connectivity index (χ0n) is 13.6. The van der Waals surface area contributed by atoms with Gasteiger partial charge < -0.3 is 0 Å². The van der Waals surface area contributed by atoms with Crippen LogP contribution in [0.4, 0.5) is 0 Å². The molecule has 124 valence electrons. The first-order chi connectivity index (χ1) is 11.8. The molecule has 3 aromatic rings. The molecule has 1 aromatic carbocycles. The second-order valence-corrected chi connectivity index (χ2v) is 6.23. The zero-order chi connectivity index (χ0) is 16.4. The van der Waals surface area contributed by atoms with E-state index in [0.717, 1.165) is 32.7 Å².